The molecule has 0 radical (unpaired) electrons. The summed E-state index contributed by atoms with van der Waals surface area (Å²) in [6.45, 7) is 1.63. The van der Waals surface area contributed by atoms with Gasteiger partial charge in [0.05, 0.1) is 19.1 Å². The fourth-order valence-corrected chi connectivity index (χ4v) is 4.16. The molecule has 0 bridgehead atoms. The first-order chi connectivity index (χ1) is 15.4. The van der Waals surface area contributed by atoms with Gasteiger partial charge in [0.1, 0.15) is 18.3 Å². The second kappa shape index (κ2) is 17.3. The van der Waals surface area contributed by atoms with Crippen molar-refractivity contribution in [1.82, 2.24) is 0 Å². The molecule has 5 atom stereocenters. The van der Waals surface area contributed by atoms with E-state index in [1.165, 1.54) is 0 Å². The Morgan fingerprint density at radius 2 is 1.50 bits per heavy atom. The van der Waals surface area contributed by atoms with Crippen molar-refractivity contribution in [3.63, 3.8) is 0 Å². The number of carboxylic acid groups (broad SMARTS) is 1. The predicted octanol–water partition coefficient (Wildman–Crippen LogP) is 3.19. The van der Waals surface area contributed by atoms with Crippen LogP contribution in [0.25, 0.3) is 0 Å². The average molecular weight is 461 g/mol. The van der Waals surface area contributed by atoms with Crippen molar-refractivity contribution in [2.24, 2.45) is 5.92 Å². The first-order valence-electron chi connectivity index (χ1n) is 12.4. The van der Waals surface area contributed by atoms with Crippen LogP contribution in [-0.4, -0.2) is 70.0 Å². The van der Waals surface area contributed by atoms with Crippen LogP contribution in [0.15, 0.2) is 0 Å². The van der Waals surface area contributed by atoms with E-state index in [0.29, 0.717) is 0 Å². The summed E-state index contributed by atoms with van der Waals surface area (Å²) in [5.74, 6) is -1.36. The maximum Gasteiger partial charge on any atom is 0.309 e. The van der Waals surface area contributed by atoms with Gasteiger partial charge in [-0.2, -0.15) is 0 Å². The Hall–Kier alpha value is -1.22. The minimum atomic E-state index is -1.18. The van der Waals surface area contributed by atoms with Crippen LogP contribution in [0.2, 0.25) is 0 Å². The number of carbonyl (C=O) groups excluding carboxylic acids is 1. The van der Waals surface area contributed by atoms with Gasteiger partial charge >= 0.3 is 11.9 Å². The van der Waals surface area contributed by atoms with Gasteiger partial charge in [0.25, 0.3) is 0 Å². The minimum absolute atomic E-state index is 0.0450. The summed E-state index contributed by atoms with van der Waals surface area (Å²) in [6, 6.07) is 0. The van der Waals surface area contributed by atoms with Crippen LogP contribution in [0, 0.1) is 5.92 Å². The van der Waals surface area contributed by atoms with E-state index in [0.717, 1.165) is 83.5 Å². The van der Waals surface area contributed by atoms with Gasteiger partial charge in [0.15, 0.2) is 6.10 Å². The van der Waals surface area contributed by atoms with E-state index < -0.39 is 37.0 Å². The molecule has 1 unspecified atom stereocenters. The molecule has 0 aromatic heterocycles. The maximum absolute atomic E-state index is 12.8. The number of ether oxygens (including phenoxy) is 2. The molecule has 1 rings (SSSR count). The summed E-state index contributed by atoms with van der Waals surface area (Å²) in [6.07, 6.45) is 8.57. The quantitative estimate of drug-likeness (QED) is 0.171. The molecule has 1 fully saturated rings. The van der Waals surface area contributed by atoms with E-state index in [-0.39, 0.29) is 24.9 Å². The Kier molecular flexibility index (Phi) is 15.6. The number of aliphatic hydroxyl groups is 3. The zero-order chi connectivity index (χ0) is 23.8. The van der Waals surface area contributed by atoms with Crippen LogP contribution >= 0.6 is 0 Å². The molecule has 1 heterocycles. The highest BCUT2D eigenvalue weighted by atomic mass is 16.6. The molecule has 32 heavy (non-hydrogen) atoms. The van der Waals surface area contributed by atoms with Crippen molar-refractivity contribution < 1.29 is 39.5 Å². The smallest absolute Gasteiger partial charge is 0.309 e. The number of carboxylic acids is 1. The van der Waals surface area contributed by atoms with Gasteiger partial charge in [0.2, 0.25) is 0 Å². The van der Waals surface area contributed by atoms with E-state index in [9.17, 15) is 24.9 Å². The van der Waals surface area contributed by atoms with Crippen molar-refractivity contribution >= 4 is 11.9 Å². The third-order valence-electron chi connectivity index (χ3n) is 6.19. The lowest BCUT2D eigenvalue weighted by molar-refractivity contribution is -0.168. The molecule has 4 N–H and O–H groups in total. The number of hydrogen-bond acceptors (Lipinski definition) is 7. The fraction of sp³-hybridized carbons (Fsp3) is 0.917. The van der Waals surface area contributed by atoms with Crippen LogP contribution in [0.3, 0.4) is 0 Å². The first kappa shape index (κ1) is 28.8. The van der Waals surface area contributed by atoms with Crippen LogP contribution in [0.4, 0.5) is 0 Å². The molecule has 188 valence electrons. The molecule has 0 aliphatic carbocycles. The highest BCUT2D eigenvalue weighted by molar-refractivity contribution is 5.72. The number of aliphatic hydroxyl groups excluding tert-OH is 3. The lowest BCUT2D eigenvalue weighted by atomic mass is 9.94. The minimum Gasteiger partial charge on any atom is -0.481 e. The Balaban J connectivity index is 2.41. The molecular formula is C24H44O8. The third-order valence-corrected chi connectivity index (χ3v) is 6.19. The highest BCUT2D eigenvalue weighted by Gasteiger charge is 2.42. The molecule has 1 saturated heterocycles. The predicted molar refractivity (Wildman–Crippen MR) is 120 cm³/mol. The number of hydrogen-bond donors (Lipinski definition) is 4. The number of esters is 1. The second-order valence-corrected chi connectivity index (χ2v) is 8.97. The standard InChI is InChI=1S/C24H44O8/c1-2-3-4-10-13-18(14-11-8-6-5-7-9-12-15-21(27)28)24(30)32-20(16-25)23-22(29)19(26)17-31-23/h18-20,22-23,25-26,29H,2-17H2,1H3,(H,27,28)/t18?,19-,20+,22+,23+/m0/s1. The summed E-state index contributed by atoms with van der Waals surface area (Å²) >= 11 is 0. The van der Waals surface area contributed by atoms with Crippen molar-refractivity contribution in [2.75, 3.05) is 13.2 Å². The van der Waals surface area contributed by atoms with Crippen molar-refractivity contribution in [3.05, 3.63) is 0 Å². The Bertz CT molecular complexity index is 512. The highest BCUT2D eigenvalue weighted by Crippen LogP contribution is 2.24. The summed E-state index contributed by atoms with van der Waals surface area (Å²) in [5, 5.41) is 38.0. The molecule has 8 nitrogen and oxygen atoms in total. The monoisotopic (exact) mass is 460 g/mol. The molecule has 0 saturated carbocycles. The topological polar surface area (TPSA) is 134 Å². The summed E-state index contributed by atoms with van der Waals surface area (Å²) in [4.78, 5) is 23.3. The maximum atomic E-state index is 12.8. The van der Waals surface area contributed by atoms with Gasteiger partial charge in [-0.1, -0.05) is 71.1 Å². The third kappa shape index (κ3) is 11.6. The van der Waals surface area contributed by atoms with Crippen molar-refractivity contribution in [2.45, 2.75) is 121 Å². The van der Waals surface area contributed by atoms with Crippen LogP contribution < -0.4 is 0 Å². The van der Waals surface area contributed by atoms with E-state index >= 15 is 0 Å². The van der Waals surface area contributed by atoms with Gasteiger partial charge in [0, 0.05) is 6.42 Å². The zero-order valence-electron chi connectivity index (χ0n) is 19.6. The van der Waals surface area contributed by atoms with Crippen molar-refractivity contribution in [3.8, 4) is 0 Å². The summed E-state index contributed by atoms with van der Waals surface area (Å²) < 4.78 is 10.9. The Morgan fingerprint density at radius 1 is 0.938 bits per heavy atom. The molecule has 0 aromatic rings. The molecule has 1 aliphatic rings. The zero-order valence-corrected chi connectivity index (χ0v) is 19.6. The first-order valence-corrected chi connectivity index (χ1v) is 12.4. The largest absolute Gasteiger partial charge is 0.481 e. The lowest BCUT2D eigenvalue weighted by Crippen LogP contribution is -2.43. The summed E-state index contributed by atoms with van der Waals surface area (Å²) in [5.41, 5.74) is 0. The number of rotatable bonds is 19. The second-order valence-electron chi connectivity index (χ2n) is 8.97. The van der Waals surface area contributed by atoms with Gasteiger partial charge in [-0.3, -0.25) is 9.59 Å². The Morgan fingerprint density at radius 3 is 2.00 bits per heavy atom. The SMILES string of the molecule is CCCCCCC(CCCCCCCCCC(=O)O)C(=O)O[C@H](CO)[C@H]1OC[C@H](O)[C@H]1O. The number of carbonyl (C=O) groups is 2. The van der Waals surface area contributed by atoms with Crippen LogP contribution in [0.1, 0.15) is 96.8 Å². The van der Waals surface area contributed by atoms with Crippen LogP contribution in [-0.2, 0) is 19.1 Å². The van der Waals surface area contributed by atoms with Crippen LogP contribution in [0.5, 0.6) is 0 Å². The van der Waals surface area contributed by atoms with E-state index in [1.807, 2.05) is 0 Å². The normalized spacial score (nSPS) is 22.6. The van der Waals surface area contributed by atoms with Crippen molar-refractivity contribution in [1.29, 1.82) is 0 Å². The number of unbranched alkanes of at least 4 members (excludes halogenated alkanes) is 9. The fourth-order valence-electron chi connectivity index (χ4n) is 4.16. The molecule has 0 amide bonds. The van der Waals surface area contributed by atoms with Gasteiger partial charge in [-0.05, 0) is 19.3 Å². The summed E-state index contributed by atoms with van der Waals surface area (Å²) in [7, 11) is 0. The lowest BCUT2D eigenvalue weighted by Gasteiger charge is -2.26. The number of aliphatic carboxylic acids is 1. The van der Waals surface area contributed by atoms with E-state index in [4.69, 9.17) is 14.6 Å². The van der Waals surface area contributed by atoms with E-state index in [1.54, 1.807) is 0 Å². The molecule has 1 aliphatic heterocycles. The molecule has 0 aromatic carbocycles. The molecule has 8 heteroatoms. The molecule has 0 spiro atoms. The average Bonchev–Trinajstić information content (AvgIpc) is 3.10. The van der Waals surface area contributed by atoms with Gasteiger partial charge in [-0.15, -0.1) is 0 Å². The van der Waals surface area contributed by atoms with Gasteiger partial charge in [-0.25, -0.2) is 0 Å². The Labute approximate surface area is 192 Å². The molecular weight excluding hydrogens is 416 g/mol. The van der Waals surface area contributed by atoms with Gasteiger partial charge < -0.3 is 29.9 Å². The van der Waals surface area contributed by atoms with E-state index in [2.05, 4.69) is 6.92 Å².